The summed E-state index contributed by atoms with van der Waals surface area (Å²) in [6.45, 7) is 9.59. The zero-order valence-electron chi connectivity index (χ0n) is 18.6. The maximum Gasteiger partial charge on any atom is 0.225 e. The molecule has 0 aromatic carbocycles. The first kappa shape index (κ1) is 20.8. The lowest BCUT2D eigenvalue weighted by Crippen LogP contribution is -2.51. The summed E-state index contributed by atoms with van der Waals surface area (Å²) in [7, 11) is 0. The van der Waals surface area contributed by atoms with Crippen molar-refractivity contribution in [1.29, 1.82) is 0 Å². The molecule has 5 aliphatic rings. The third kappa shape index (κ3) is 3.80. The standard InChI is InChI=1S/C24H40N4O2/c1-16-20-4-3-5-21(22(20)26-25-16)18-6-8-19(9-7-18)23(29)28-14-12-27(13-15-28)17(2)24(30)10-11-24/h16,18-22,25-26,30H,2-15H2,1H3. The van der Waals surface area contributed by atoms with Gasteiger partial charge in [0.15, 0.2) is 0 Å². The second-order valence-electron chi connectivity index (χ2n) is 10.8. The van der Waals surface area contributed by atoms with Crippen LogP contribution in [0.2, 0.25) is 0 Å². The van der Waals surface area contributed by atoms with Crippen LogP contribution in [0.3, 0.4) is 0 Å². The zero-order valence-corrected chi connectivity index (χ0v) is 18.6. The SMILES string of the molecule is C=C(N1CCN(C(=O)C2CCC(C3CCCC4C(C)NNC34)CC2)CC1)C1(O)CC1. The molecule has 4 unspecified atom stereocenters. The Morgan fingerprint density at radius 1 is 0.933 bits per heavy atom. The monoisotopic (exact) mass is 416 g/mol. The Hall–Kier alpha value is -1.11. The highest BCUT2D eigenvalue weighted by atomic mass is 16.3. The number of hydrogen-bond acceptors (Lipinski definition) is 5. The number of aliphatic hydroxyl groups is 1. The van der Waals surface area contributed by atoms with Crippen LogP contribution < -0.4 is 10.9 Å². The van der Waals surface area contributed by atoms with Crippen LogP contribution in [0, 0.1) is 23.7 Å². The molecule has 5 fully saturated rings. The first-order valence-corrected chi connectivity index (χ1v) is 12.4. The van der Waals surface area contributed by atoms with Gasteiger partial charge in [-0.05, 0) is 76.0 Å². The van der Waals surface area contributed by atoms with Crippen LogP contribution in [-0.4, -0.2) is 64.7 Å². The van der Waals surface area contributed by atoms with Gasteiger partial charge < -0.3 is 14.9 Å². The van der Waals surface area contributed by atoms with Crippen molar-refractivity contribution in [2.24, 2.45) is 23.7 Å². The molecule has 0 radical (unpaired) electrons. The van der Waals surface area contributed by atoms with E-state index in [0.717, 1.165) is 75.3 Å². The number of hydrogen-bond donors (Lipinski definition) is 3. The molecule has 6 heteroatoms. The van der Waals surface area contributed by atoms with E-state index in [9.17, 15) is 9.90 Å². The third-order valence-electron chi connectivity index (χ3n) is 9.08. The second kappa shape index (κ2) is 8.10. The highest BCUT2D eigenvalue weighted by Gasteiger charge is 2.47. The number of carbonyl (C=O) groups excluding carboxylic acids is 1. The normalized spacial score (nSPS) is 40.7. The molecule has 2 heterocycles. The molecule has 2 aliphatic heterocycles. The van der Waals surface area contributed by atoms with E-state index in [4.69, 9.17) is 0 Å². The van der Waals surface area contributed by atoms with Gasteiger partial charge in [0.05, 0.1) is 0 Å². The van der Waals surface area contributed by atoms with Gasteiger partial charge in [0, 0.05) is 49.9 Å². The van der Waals surface area contributed by atoms with Gasteiger partial charge in [0.2, 0.25) is 5.91 Å². The minimum atomic E-state index is -0.649. The molecule has 3 aliphatic carbocycles. The summed E-state index contributed by atoms with van der Waals surface area (Å²) in [6.07, 6.45) is 10.3. The fourth-order valence-electron chi connectivity index (χ4n) is 6.86. The van der Waals surface area contributed by atoms with E-state index < -0.39 is 5.60 Å². The van der Waals surface area contributed by atoms with Crippen LogP contribution in [0.4, 0.5) is 0 Å². The van der Waals surface area contributed by atoms with Gasteiger partial charge in [-0.25, -0.2) is 0 Å². The van der Waals surface area contributed by atoms with Crippen molar-refractivity contribution in [3.63, 3.8) is 0 Å². The summed E-state index contributed by atoms with van der Waals surface area (Å²) >= 11 is 0. The topological polar surface area (TPSA) is 67.8 Å². The third-order valence-corrected chi connectivity index (χ3v) is 9.08. The molecule has 0 aromatic heterocycles. The quantitative estimate of drug-likeness (QED) is 0.656. The second-order valence-corrected chi connectivity index (χ2v) is 10.8. The molecule has 5 rings (SSSR count). The van der Waals surface area contributed by atoms with Crippen molar-refractivity contribution < 1.29 is 9.90 Å². The summed E-state index contributed by atoms with van der Waals surface area (Å²) in [5.41, 5.74) is 7.32. The Balaban J connectivity index is 1.10. The van der Waals surface area contributed by atoms with Crippen molar-refractivity contribution in [3.05, 3.63) is 12.3 Å². The Morgan fingerprint density at radius 2 is 1.57 bits per heavy atom. The van der Waals surface area contributed by atoms with Crippen molar-refractivity contribution >= 4 is 5.91 Å². The molecule has 4 atom stereocenters. The molecule has 3 N–H and O–H groups in total. The molecule has 0 bridgehead atoms. The lowest BCUT2D eigenvalue weighted by molar-refractivity contribution is -0.138. The number of hydrazine groups is 1. The lowest BCUT2D eigenvalue weighted by atomic mass is 9.65. The summed E-state index contributed by atoms with van der Waals surface area (Å²) in [5, 5.41) is 10.3. The van der Waals surface area contributed by atoms with Crippen LogP contribution in [0.15, 0.2) is 12.3 Å². The fraction of sp³-hybridized carbons (Fsp3) is 0.875. The highest BCUT2D eigenvalue weighted by Crippen LogP contribution is 2.45. The van der Waals surface area contributed by atoms with E-state index in [1.165, 1.54) is 32.1 Å². The summed E-state index contributed by atoms with van der Waals surface area (Å²) in [6, 6.07) is 1.22. The van der Waals surface area contributed by atoms with Crippen molar-refractivity contribution in [2.45, 2.75) is 82.4 Å². The summed E-state index contributed by atoms with van der Waals surface area (Å²) in [5.74, 6) is 2.93. The Bertz CT molecular complexity index is 662. The molecular formula is C24H40N4O2. The van der Waals surface area contributed by atoms with E-state index in [1.807, 2.05) is 0 Å². The first-order chi connectivity index (χ1) is 14.5. The molecule has 1 amide bonds. The Kier molecular flexibility index (Phi) is 5.61. The van der Waals surface area contributed by atoms with Gasteiger partial charge in [-0.3, -0.25) is 15.6 Å². The molecule has 0 spiro atoms. The molecular weight excluding hydrogens is 376 g/mol. The van der Waals surface area contributed by atoms with Crippen LogP contribution >= 0.6 is 0 Å². The predicted octanol–water partition coefficient (Wildman–Crippen LogP) is 2.26. The van der Waals surface area contributed by atoms with Crippen LogP contribution in [-0.2, 0) is 4.79 Å². The van der Waals surface area contributed by atoms with Crippen molar-refractivity contribution in [1.82, 2.24) is 20.7 Å². The fourth-order valence-corrected chi connectivity index (χ4v) is 6.86. The van der Waals surface area contributed by atoms with Gasteiger partial charge in [-0.1, -0.05) is 13.0 Å². The number of amides is 1. The number of nitrogens with zero attached hydrogens (tertiary/aromatic N) is 2. The van der Waals surface area contributed by atoms with E-state index in [2.05, 4.69) is 34.2 Å². The maximum atomic E-state index is 13.2. The Morgan fingerprint density at radius 3 is 2.23 bits per heavy atom. The zero-order chi connectivity index (χ0) is 20.9. The average Bonchev–Trinajstić information content (AvgIpc) is 3.43. The van der Waals surface area contributed by atoms with Crippen molar-refractivity contribution in [3.8, 4) is 0 Å². The predicted molar refractivity (Wildman–Crippen MR) is 117 cm³/mol. The van der Waals surface area contributed by atoms with Crippen LogP contribution in [0.25, 0.3) is 0 Å². The number of carbonyl (C=O) groups is 1. The van der Waals surface area contributed by atoms with E-state index >= 15 is 0 Å². The van der Waals surface area contributed by atoms with Crippen molar-refractivity contribution in [2.75, 3.05) is 26.2 Å². The maximum absolute atomic E-state index is 13.2. The molecule has 168 valence electrons. The number of fused-ring (bicyclic) bond motifs is 1. The smallest absolute Gasteiger partial charge is 0.225 e. The number of piperazine rings is 1. The minimum Gasteiger partial charge on any atom is -0.384 e. The van der Waals surface area contributed by atoms with E-state index in [0.29, 0.717) is 18.0 Å². The summed E-state index contributed by atoms with van der Waals surface area (Å²) < 4.78 is 0. The largest absolute Gasteiger partial charge is 0.384 e. The van der Waals surface area contributed by atoms with E-state index in [-0.39, 0.29) is 5.92 Å². The average molecular weight is 417 g/mol. The highest BCUT2D eigenvalue weighted by molar-refractivity contribution is 5.79. The molecule has 0 aromatic rings. The molecule has 6 nitrogen and oxygen atoms in total. The first-order valence-electron chi connectivity index (χ1n) is 12.4. The van der Waals surface area contributed by atoms with Gasteiger partial charge in [-0.2, -0.15) is 0 Å². The number of rotatable bonds is 4. The Labute approximate surface area is 181 Å². The summed E-state index contributed by atoms with van der Waals surface area (Å²) in [4.78, 5) is 17.4. The van der Waals surface area contributed by atoms with E-state index in [1.54, 1.807) is 0 Å². The minimum absolute atomic E-state index is 0.219. The van der Waals surface area contributed by atoms with Gasteiger partial charge >= 0.3 is 0 Å². The molecule has 3 saturated carbocycles. The molecule has 30 heavy (non-hydrogen) atoms. The van der Waals surface area contributed by atoms with Gasteiger partial charge in [-0.15, -0.1) is 0 Å². The lowest BCUT2D eigenvalue weighted by Gasteiger charge is -2.43. The van der Waals surface area contributed by atoms with Crippen LogP contribution in [0.1, 0.15) is 64.7 Å². The number of nitrogens with one attached hydrogen (secondary N) is 2. The van der Waals surface area contributed by atoms with Crippen LogP contribution in [0.5, 0.6) is 0 Å². The molecule has 2 saturated heterocycles. The van der Waals surface area contributed by atoms with Gasteiger partial charge in [0.25, 0.3) is 0 Å². The van der Waals surface area contributed by atoms with Gasteiger partial charge in [0.1, 0.15) is 5.60 Å².